The third kappa shape index (κ3) is 4.36. The van der Waals surface area contributed by atoms with Crippen LogP contribution in [0.5, 0.6) is 11.5 Å². The first-order valence-corrected chi connectivity index (χ1v) is 8.83. The molecule has 9 heteroatoms. The van der Waals surface area contributed by atoms with Crippen molar-refractivity contribution in [2.75, 3.05) is 51.5 Å². The van der Waals surface area contributed by atoms with Crippen LogP contribution in [0.1, 0.15) is 27.5 Å². The summed E-state index contributed by atoms with van der Waals surface area (Å²) < 4.78 is 64.0. The van der Waals surface area contributed by atoms with E-state index in [-0.39, 0.29) is 65.8 Å². The summed E-state index contributed by atoms with van der Waals surface area (Å²) in [6, 6.07) is -0.410. The number of benzene rings is 1. The smallest absolute Gasteiger partial charge is 0.249 e. The Morgan fingerprint density at radius 2 is 2.25 bits per heavy atom. The van der Waals surface area contributed by atoms with Crippen LogP contribution in [0.4, 0.5) is 11.8 Å². The van der Waals surface area contributed by atoms with Gasteiger partial charge in [0.2, 0.25) is 11.9 Å². The molecule has 3 N–H and O–H groups in total. The van der Waals surface area contributed by atoms with Gasteiger partial charge >= 0.3 is 0 Å². The van der Waals surface area contributed by atoms with Gasteiger partial charge in [-0.05, 0) is 25.3 Å². The normalized spacial score (nSPS) is 22.4. The lowest BCUT2D eigenvalue weighted by atomic mass is 10.2. The zero-order valence-corrected chi connectivity index (χ0v) is 15.8. The Hall–Kier alpha value is -2.81. The predicted molar refractivity (Wildman–Crippen MR) is 107 cm³/mol. The van der Waals surface area contributed by atoms with Crippen molar-refractivity contribution < 1.29 is 27.2 Å². The lowest BCUT2D eigenvalue weighted by Gasteiger charge is -2.19. The molecule has 0 bridgehead atoms. The van der Waals surface area contributed by atoms with Gasteiger partial charge in [0.15, 0.2) is 11.5 Å². The molecule has 1 aromatic carbocycles. The monoisotopic (exact) mass is 395 g/mol. The van der Waals surface area contributed by atoms with Crippen molar-refractivity contribution in [3.05, 3.63) is 12.1 Å². The molecule has 3 rings (SSSR count). The molecule has 0 radical (unpaired) electrons. The summed E-state index contributed by atoms with van der Waals surface area (Å²) in [6.45, 7) is -2.29. The lowest BCUT2D eigenvalue weighted by molar-refractivity contribution is -0.130. The highest BCUT2D eigenvalue weighted by molar-refractivity contribution is 5.91. The molecule has 1 fully saturated rings. The van der Waals surface area contributed by atoms with Gasteiger partial charge in [-0.3, -0.25) is 4.79 Å². The second-order valence-corrected chi connectivity index (χ2v) is 6.09. The van der Waals surface area contributed by atoms with Crippen LogP contribution in [0.15, 0.2) is 12.1 Å². The number of nitrogens with one attached hydrogen (secondary N) is 1. The van der Waals surface area contributed by atoms with E-state index in [0.717, 1.165) is 4.90 Å². The van der Waals surface area contributed by atoms with E-state index in [0.29, 0.717) is 19.4 Å². The van der Waals surface area contributed by atoms with Crippen LogP contribution in [0.2, 0.25) is 0 Å². The van der Waals surface area contributed by atoms with Gasteiger partial charge in [-0.1, -0.05) is 0 Å². The minimum atomic E-state index is -2.65. The van der Waals surface area contributed by atoms with Crippen molar-refractivity contribution in [3.63, 3.8) is 0 Å². The Morgan fingerprint density at radius 3 is 2.93 bits per heavy atom. The second kappa shape index (κ2) is 8.92. The molecule has 1 aliphatic heterocycles. The summed E-state index contributed by atoms with van der Waals surface area (Å²) in [7, 11) is 2.64. The molecule has 28 heavy (non-hydrogen) atoms. The highest BCUT2D eigenvalue weighted by Crippen LogP contribution is 2.33. The number of aromatic nitrogens is 2. The van der Waals surface area contributed by atoms with Gasteiger partial charge in [-0.15, -0.1) is 0 Å². The van der Waals surface area contributed by atoms with E-state index in [1.54, 1.807) is 0 Å². The number of amides is 1. The zero-order valence-electron chi connectivity index (χ0n) is 21.8. The number of ether oxygens (including phenoxy) is 3. The van der Waals surface area contributed by atoms with Crippen LogP contribution in [-0.2, 0) is 9.53 Å². The van der Waals surface area contributed by atoms with Crippen LogP contribution in [0.3, 0.4) is 0 Å². The number of anilines is 2. The molecule has 0 aliphatic carbocycles. The Bertz CT molecular complexity index is 1080. The van der Waals surface area contributed by atoms with Crippen molar-refractivity contribution in [3.8, 4) is 11.5 Å². The molecule has 0 spiro atoms. The van der Waals surface area contributed by atoms with Gasteiger partial charge in [-0.25, -0.2) is 4.98 Å². The maximum Gasteiger partial charge on any atom is 0.249 e. The molecule has 0 saturated carbocycles. The minimum absolute atomic E-state index is 0.00937. The predicted octanol–water partition coefficient (Wildman–Crippen LogP) is 1.35. The fourth-order valence-corrected chi connectivity index (χ4v) is 2.74. The van der Waals surface area contributed by atoms with E-state index >= 15 is 0 Å². The minimum Gasteiger partial charge on any atom is -0.493 e. The molecule has 1 aromatic heterocycles. The quantitative estimate of drug-likeness (QED) is 0.644. The van der Waals surface area contributed by atoms with Crippen LogP contribution in [0, 0.1) is 0 Å². The van der Waals surface area contributed by atoms with E-state index in [9.17, 15) is 4.79 Å². The first kappa shape index (κ1) is 13.4. The van der Waals surface area contributed by atoms with E-state index in [1.807, 2.05) is 0 Å². The summed E-state index contributed by atoms with van der Waals surface area (Å²) in [5.74, 6) is -1.06. The van der Waals surface area contributed by atoms with Crippen LogP contribution >= 0.6 is 0 Å². The van der Waals surface area contributed by atoms with Gasteiger partial charge < -0.3 is 30.2 Å². The topological polar surface area (TPSA) is 112 Å². The number of carbonyl (C=O) groups is 1. The summed E-state index contributed by atoms with van der Waals surface area (Å²) >= 11 is 0. The van der Waals surface area contributed by atoms with E-state index in [4.69, 9.17) is 28.2 Å². The first-order valence-electron chi connectivity index (χ1n) is 11.8. The molecular weight excluding hydrogens is 362 g/mol. The van der Waals surface area contributed by atoms with Crippen molar-refractivity contribution in [1.29, 1.82) is 0 Å². The average molecular weight is 395 g/mol. The van der Waals surface area contributed by atoms with Crippen molar-refractivity contribution in [2.45, 2.75) is 25.3 Å². The SMILES string of the molecule is [2H]c1c(OC)c(OC)c([2H])c2c(N)nc(N(CCCNC(=O)C3([2H])CCCO3)C([2H])([2H])[2H])nc12. The molecule has 1 aliphatic rings. The van der Waals surface area contributed by atoms with Crippen LogP contribution < -0.4 is 25.4 Å². The van der Waals surface area contributed by atoms with Crippen molar-refractivity contribution >= 4 is 28.6 Å². The molecule has 152 valence electrons. The summed E-state index contributed by atoms with van der Waals surface area (Å²) in [5, 5.41) is 2.64. The summed E-state index contributed by atoms with van der Waals surface area (Å²) in [6.07, 6.45) is -0.492. The lowest BCUT2D eigenvalue weighted by Crippen LogP contribution is -2.36. The number of hydrogen-bond acceptors (Lipinski definition) is 8. The number of rotatable bonds is 8. The maximum absolute atomic E-state index is 12.2. The molecular formula is C19H27N5O4. The van der Waals surface area contributed by atoms with Gasteiger partial charge in [0.05, 0.1) is 23.8 Å². The molecule has 2 aromatic rings. The fraction of sp³-hybridized carbons (Fsp3) is 0.526. The van der Waals surface area contributed by atoms with Gasteiger partial charge in [-0.2, -0.15) is 4.98 Å². The van der Waals surface area contributed by atoms with Crippen LogP contribution in [0.25, 0.3) is 10.9 Å². The number of methoxy groups -OCH3 is 2. The average Bonchev–Trinajstić information content (AvgIpc) is 3.22. The van der Waals surface area contributed by atoms with E-state index in [2.05, 4.69) is 15.3 Å². The maximum atomic E-state index is 12.2. The standard InChI is InChI=1S/C19H27N5O4/c1-24(8-5-7-21-18(25)14-6-4-9-28-14)19-22-13-11-16(27-3)15(26-2)10-12(13)17(20)23-19/h10-11,14H,4-9H2,1-3H3,(H,21,25)(H2,20,22,23)/i1D3,10D,11D,14D. The van der Waals surface area contributed by atoms with Crippen molar-refractivity contribution in [2.24, 2.45) is 0 Å². The Kier molecular flexibility index (Phi) is 4.26. The summed E-state index contributed by atoms with van der Waals surface area (Å²) in [5.41, 5.74) is 6.00. The van der Waals surface area contributed by atoms with E-state index in [1.165, 1.54) is 14.2 Å². The summed E-state index contributed by atoms with van der Waals surface area (Å²) in [4.78, 5) is 21.4. The van der Waals surface area contributed by atoms with Gasteiger partial charge in [0.25, 0.3) is 0 Å². The molecule has 1 saturated heterocycles. The molecule has 9 nitrogen and oxygen atoms in total. The van der Waals surface area contributed by atoms with Crippen LogP contribution in [-0.4, -0.2) is 62.8 Å². The Balaban J connectivity index is 1.88. The largest absolute Gasteiger partial charge is 0.493 e. The molecule has 1 atom stereocenters. The second-order valence-electron chi connectivity index (χ2n) is 6.09. The van der Waals surface area contributed by atoms with Crippen molar-refractivity contribution in [1.82, 2.24) is 15.3 Å². The zero-order chi connectivity index (χ0) is 25.3. The number of nitrogens with zero attached hydrogens (tertiary/aromatic N) is 3. The highest BCUT2D eigenvalue weighted by Gasteiger charge is 2.22. The Labute approximate surface area is 172 Å². The number of carbonyl (C=O) groups excluding carboxylic acids is 1. The number of fused-ring (bicyclic) bond motifs is 1. The van der Waals surface area contributed by atoms with E-state index < -0.39 is 19.0 Å². The number of hydrogen-bond donors (Lipinski definition) is 2. The molecule has 2 heterocycles. The third-order valence-electron chi connectivity index (χ3n) is 4.17. The fourth-order valence-electron chi connectivity index (χ4n) is 2.74. The van der Waals surface area contributed by atoms with Gasteiger partial charge in [0.1, 0.15) is 11.9 Å². The first-order chi connectivity index (χ1) is 15.9. The Morgan fingerprint density at radius 1 is 1.46 bits per heavy atom. The molecule has 1 unspecified atom stereocenters. The highest BCUT2D eigenvalue weighted by atomic mass is 16.5. The number of nitrogen functional groups attached to an aromatic ring is 1. The third-order valence-corrected chi connectivity index (χ3v) is 4.17. The number of nitrogens with two attached hydrogens (primary N) is 1. The molecule has 1 amide bonds. The van der Waals surface area contributed by atoms with Gasteiger partial charge in [0, 0.05) is 42.2 Å².